The first-order valence-corrected chi connectivity index (χ1v) is 4.73. The topological polar surface area (TPSA) is 60.5 Å². The van der Waals surface area contributed by atoms with Gasteiger partial charge in [-0.05, 0) is 0 Å². The number of aromatic nitrogens is 2. The summed E-state index contributed by atoms with van der Waals surface area (Å²) in [6.45, 7) is -0.705. The zero-order chi connectivity index (χ0) is 11.9. The molecule has 1 aliphatic rings. The SMILES string of the molecule is C[n+]1cc(B(O)O)cnc1N1CC(F)(F)C1. The smallest absolute Gasteiger partial charge is 0.423 e. The zero-order valence-electron chi connectivity index (χ0n) is 8.64. The maximum atomic E-state index is 12.7. The molecular formula is C8H11BF2N3O2+. The summed E-state index contributed by atoms with van der Waals surface area (Å²) in [5.41, 5.74) is 0.221. The standard InChI is InChI=1S/C8H11BF2N3O2/c1-13-3-6(9(15)16)2-12-7(13)14-4-8(10,11)5-14/h2-3,15-16H,4-5H2,1H3/q+1. The molecule has 5 nitrogen and oxygen atoms in total. The van der Waals surface area contributed by atoms with Gasteiger partial charge in [-0.15, -0.1) is 0 Å². The van der Waals surface area contributed by atoms with Gasteiger partial charge in [0.1, 0.15) is 19.3 Å². The fraction of sp³-hybridized carbons (Fsp3) is 0.500. The van der Waals surface area contributed by atoms with E-state index in [1.54, 1.807) is 7.05 Å². The largest absolute Gasteiger partial charge is 0.494 e. The van der Waals surface area contributed by atoms with Gasteiger partial charge in [-0.25, -0.2) is 9.47 Å². The van der Waals surface area contributed by atoms with Gasteiger partial charge in [-0.3, -0.25) is 0 Å². The van der Waals surface area contributed by atoms with Gasteiger partial charge in [-0.1, -0.05) is 4.98 Å². The van der Waals surface area contributed by atoms with Crippen LogP contribution in [0.15, 0.2) is 12.4 Å². The van der Waals surface area contributed by atoms with E-state index >= 15 is 0 Å². The highest BCUT2D eigenvalue weighted by Gasteiger charge is 2.50. The predicted molar refractivity (Wildman–Crippen MR) is 52.4 cm³/mol. The van der Waals surface area contributed by atoms with E-state index in [9.17, 15) is 8.78 Å². The molecule has 0 spiro atoms. The van der Waals surface area contributed by atoms with Gasteiger partial charge in [0.05, 0.1) is 13.2 Å². The van der Waals surface area contributed by atoms with E-state index in [0.29, 0.717) is 5.95 Å². The van der Waals surface area contributed by atoms with Gasteiger partial charge in [0.25, 0.3) is 0 Å². The molecule has 0 amide bonds. The molecule has 0 radical (unpaired) electrons. The van der Waals surface area contributed by atoms with Gasteiger partial charge in [0, 0.05) is 5.46 Å². The Kier molecular flexibility index (Phi) is 2.55. The molecule has 2 N–H and O–H groups in total. The molecule has 0 aromatic carbocycles. The Hall–Kier alpha value is -1.28. The van der Waals surface area contributed by atoms with Crippen molar-refractivity contribution >= 4 is 18.5 Å². The number of nitrogens with zero attached hydrogens (tertiary/aromatic N) is 3. The number of aryl methyl sites for hydroxylation is 1. The minimum Gasteiger partial charge on any atom is -0.423 e. The summed E-state index contributed by atoms with van der Waals surface area (Å²) in [6.07, 6.45) is 2.71. The second-order valence-electron chi connectivity index (χ2n) is 3.88. The minimum absolute atomic E-state index is 0.221. The maximum absolute atomic E-state index is 12.7. The van der Waals surface area contributed by atoms with Crippen molar-refractivity contribution in [3.05, 3.63) is 12.4 Å². The van der Waals surface area contributed by atoms with Crippen LogP contribution >= 0.6 is 0 Å². The summed E-state index contributed by atoms with van der Waals surface area (Å²) in [5, 5.41) is 17.8. The van der Waals surface area contributed by atoms with Crippen LogP contribution in [0.25, 0.3) is 0 Å². The highest BCUT2D eigenvalue weighted by molar-refractivity contribution is 6.58. The zero-order valence-corrected chi connectivity index (χ0v) is 8.64. The molecule has 16 heavy (non-hydrogen) atoms. The van der Waals surface area contributed by atoms with Crippen molar-refractivity contribution in [3.8, 4) is 0 Å². The molecule has 2 heterocycles. The third kappa shape index (κ3) is 1.98. The maximum Gasteiger partial charge on any atom is 0.494 e. The second kappa shape index (κ2) is 3.64. The average molecular weight is 230 g/mol. The number of halogens is 2. The van der Waals surface area contributed by atoms with Crippen LogP contribution in [0.1, 0.15) is 0 Å². The summed E-state index contributed by atoms with van der Waals surface area (Å²) in [6, 6.07) is 0. The Balaban J connectivity index is 2.18. The summed E-state index contributed by atoms with van der Waals surface area (Å²) in [7, 11) is 0.00981. The average Bonchev–Trinajstić information content (AvgIpc) is 2.13. The fourth-order valence-corrected chi connectivity index (χ4v) is 1.63. The van der Waals surface area contributed by atoms with Crippen molar-refractivity contribution in [2.24, 2.45) is 7.05 Å². The van der Waals surface area contributed by atoms with Gasteiger partial charge in [0.2, 0.25) is 0 Å². The third-order valence-electron chi connectivity index (χ3n) is 2.41. The molecule has 1 aliphatic heterocycles. The van der Waals surface area contributed by atoms with Crippen LogP contribution in [-0.2, 0) is 7.05 Å². The highest BCUT2D eigenvalue weighted by Crippen LogP contribution is 2.28. The number of hydrogen-bond donors (Lipinski definition) is 2. The molecule has 0 unspecified atom stereocenters. The Morgan fingerprint density at radius 1 is 1.50 bits per heavy atom. The van der Waals surface area contributed by atoms with E-state index < -0.39 is 13.0 Å². The van der Waals surface area contributed by atoms with Crippen molar-refractivity contribution in [1.82, 2.24) is 4.98 Å². The van der Waals surface area contributed by atoms with Crippen LogP contribution in [0.5, 0.6) is 0 Å². The first-order valence-electron chi connectivity index (χ1n) is 4.73. The van der Waals surface area contributed by atoms with Crippen molar-refractivity contribution in [1.29, 1.82) is 0 Å². The van der Waals surface area contributed by atoms with Crippen molar-refractivity contribution in [3.63, 3.8) is 0 Å². The lowest BCUT2D eigenvalue weighted by Crippen LogP contribution is -2.60. The molecule has 0 aliphatic carbocycles. The molecule has 1 saturated heterocycles. The molecule has 1 aromatic rings. The van der Waals surface area contributed by atoms with Crippen molar-refractivity contribution in [2.75, 3.05) is 18.0 Å². The lowest BCUT2D eigenvalue weighted by atomic mass is 9.83. The molecule has 1 aromatic heterocycles. The molecule has 2 rings (SSSR count). The Bertz CT molecular complexity index is 408. The minimum atomic E-state index is -2.65. The van der Waals surface area contributed by atoms with Crippen molar-refractivity contribution < 1.29 is 23.4 Å². The number of alkyl halides is 2. The monoisotopic (exact) mass is 230 g/mol. The van der Waals surface area contributed by atoms with E-state index in [2.05, 4.69) is 4.98 Å². The first-order chi connectivity index (χ1) is 7.39. The number of anilines is 1. The molecule has 8 heteroatoms. The van der Waals surface area contributed by atoms with E-state index in [-0.39, 0.29) is 18.6 Å². The molecule has 86 valence electrons. The van der Waals surface area contributed by atoms with Gasteiger partial charge in [-0.2, -0.15) is 8.78 Å². The lowest BCUT2D eigenvalue weighted by Gasteiger charge is -2.33. The van der Waals surface area contributed by atoms with Crippen LogP contribution in [0, 0.1) is 0 Å². The summed E-state index contributed by atoms with van der Waals surface area (Å²) < 4.78 is 26.8. The number of hydrogen-bond acceptors (Lipinski definition) is 4. The van der Waals surface area contributed by atoms with Crippen LogP contribution < -0.4 is 14.9 Å². The summed E-state index contributed by atoms with van der Waals surface area (Å²) in [5.74, 6) is -2.26. The summed E-state index contributed by atoms with van der Waals surface area (Å²) in [4.78, 5) is 5.35. The van der Waals surface area contributed by atoms with Crippen LogP contribution in [-0.4, -0.2) is 41.2 Å². The number of rotatable bonds is 2. The molecule has 0 bridgehead atoms. The quantitative estimate of drug-likeness (QED) is 0.457. The van der Waals surface area contributed by atoms with Gasteiger partial charge < -0.3 is 10.0 Å². The van der Waals surface area contributed by atoms with E-state index in [0.717, 1.165) is 0 Å². The van der Waals surface area contributed by atoms with E-state index in [1.165, 1.54) is 21.9 Å². The normalized spacial score (nSPS) is 18.2. The molecular weight excluding hydrogens is 219 g/mol. The van der Waals surface area contributed by atoms with Crippen LogP contribution in [0.3, 0.4) is 0 Å². The second-order valence-corrected chi connectivity index (χ2v) is 3.88. The third-order valence-corrected chi connectivity index (χ3v) is 2.41. The highest BCUT2D eigenvalue weighted by atomic mass is 19.3. The van der Waals surface area contributed by atoms with Gasteiger partial charge >= 0.3 is 19.0 Å². The van der Waals surface area contributed by atoms with Gasteiger partial charge in [0.15, 0.2) is 0 Å². The van der Waals surface area contributed by atoms with E-state index in [4.69, 9.17) is 10.0 Å². The van der Waals surface area contributed by atoms with Crippen LogP contribution in [0.4, 0.5) is 14.7 Å². The molecule has 0 atom stereocenters. The first kappa shape index (κ1) is 11.2. The Morgan fingerprint density at radius 3 is 2.56 bits per heavy atom. The molecule has 0 saturated carbocycles. The van der Waals surface area contributed by atoms with E-state index in [1.807, 2.05) is 0 Å². The van der Waals surface area contributed by atoms with Crippen molar-refractivity contribution in [2.45, 2.75) is 5.92 Å². The summed E-state index contributed by atoms with van der Waals surface area (Å²) >= 11 is 0. The molecule has 1 fully saturated rings. The Labute approximate surface area is 91.1 Å². The Morgan fingerprint density at radius 2 is 2.12 bits per heavy atom. The van der Waals surface area contributed by atoms with Crippen LogP contribution in [0.2, 0.25) is 0 Å². The fourth-order valence-electron chi connectivity index (χ4n) is 1.63. The lowest BCUT2D eigenvalue weighted by molar-refractivity contribution is -0.661. The predicted octanol–water partition coefficient (Wildman–Crippen LogP) is -1.96.